The first-order chi connectivity index (χ1) is 6.88. The number of ether oxygens (including phenoxy) is 1. The van der Waals surface area contributed by atoms with Gasteiger partial charge in [-0.1, -0.05) is 6.42 Å². The van der Waals surface area contributed by atoms with Crippen molar-refractivity contribution in [1.82, 2.24) is 5.32 Å². The lowest BCUT2D eigenvalue weighted by atomic mass is 9.84. The average molecular weight is 197 g/mol. The van der Waals surface area contributed by atoms with E-state index in [-0.39, 0.29) is 0 Å². The number of hydrogen-bond donors (Lipinski definition) is 1. The van der Waals surface area contributed by atoms with Crippen LogP contribution in [0, 0.1) is 5.92 Å². The van der Waals surface area contributed by atoms with Crippen LogP contribution in [0.4, 0.5) is 0 Å². The molecule has 2 rings (SSSR count). The minimum absolute atomic E-state index is 0.516. The molecule has 2 aliphatic rings. The summed E-state index contributed by atoms with van der Waals surface area (Å²) in [4.78, 5) is 0. The van der Waals surface area contributed by atoms with E-state index in [0.717, 1.165) is 12.0 Å². The van der Waals surface area contributed by atoms with E-state index in [2.05, 4.69) is 5.32 Å². The third-order valence-corrected chi connectivity index (χ3v) is 3.88. The molecule has 2 saturated carbocycles. The van der Waals surface area contributed by atoms with Crippen LogP contribution in [0.3, 0.4) is 0 Å². The highest BCUT2D eigenvalue weighted by Crippen LogP contribution is 2.26. The van der Waals surface area contributed by atoms with Crippen LogP contribution in [0.25, 0.3) is 0 Å². The Morgan fingerprint density at radius 2 is 1.93 bits per heavy atom. The molecule has 2 fully saturated rings. The Labute approximate surface area is 87.4 Å². The topological polar surface area (TPSA) is 21.3 Å². The lowest BCUT2D eigenvalue weighted by Gasteiger charge is -2.32. The molecular weight excluding hydrogens is 174 g/mol. The van der Waals surface area contributed by atoms with Crippen LogP contribution in [0.2, 0.25) is 0 Å². The van der Waals surface area contributed by atoms with Gasteiger partial charge in [-0.15, -0.1) is 0 Å². The molecule has 1 N–H and O–H groups in total. The SMILES string of the molecule is COC1CCCC(NCC2CCC2)C1. The van der Waals surface area contributed by atoms with E-state index >= 15 is 0 Å². The molecule has 2 unspecified atom stereocenters. The van der Waals surface area contributed by atoms with E-state index in [0.29, 0.717) is 6.10 Å². The highest BCUT2D eigenvalue weighted by atomic mass is 16.5. The Balaban J connectivity index is 1.63. The Morgan fingerprint density at radius 3 is 2.57 bits per heavy atom. The molecule has 2 atom stereocenters. The standard InChI is InChI=1S/C12H23NO/c1-14-12-7-3-6-11(8-12)13-9-10-4-2-5-10/h10-13H,2-9H2,1H3. The van der Waals surface area contributed by atoms with Gasteiger partial charge in [0.2, 0.25) is 0 Å². The van der Waals surface area contributed by atoms with Crippen molar-refractivity contribution in [2.24, 2.45) is 5.92 Å². The predicted molar refractivity (Wildman–Crippen MR) is 58.4 cm³/mol. The van der Waals surface area contributed by atoms with Gasteiger partial charge in [-0.2, -0.15) is 0 Å². The minimum Gasteiger partial charge on any atom is -0.381 e. The third-order valence-electron chi connectivity index (χ3n) is 3.88. The van der Waals surface area contributed by atoms with Crippen LogP contribution >= 0.6 is 0 Å². The largest absolute Gasteiger partial charge is 0.381 e. The summed E-state index contributed by atoms with van der Waals surface area (Å²) >= 11 is 0. The fourth-order valence-electron chi connectivity index (χ4n) is 2.57. The Hall–Kier alpha value is -0.0800. The van der Waals surface area contributed by atoms with E-state index in [9.17, 15) is 0 Å². The van der Waals surface area contributed by atoms with Gasteiger partial charge in [-0.3, -0.25) is 0 Å². The summed E-state index contributed by atoms with van der Waals surface area (Å²) in [5.74, 6) is 0.984. The maximum absolute atomic E-state index is 5.43. The second-order valence-electron chi connectivity index (χ2n) is 4.93. The maximum atomic E-state index is 5.43. The summed E-state index contributed by atoms with van der Waals surface area (Å²) in [6, 6.07) is 0.731. The summed E-state index contributed by atoms with van der Waals surface area (Å²) < 4.78 is 5.43. The van der Waals surface area contributed by atoms with E-state index in [1.807, 2.05) is 7.11 Å². The number of methoxy groups -OCH3 is 1. The van der Waals surface area contributed by atoms with Crippen LogP contribution in [0.1, 0.15) is 44.9 Å². The van der Waals surface area contributed by atoms with Crippen molar-refractivity contribution in [3.63, 3.8) is 0 Å². The molecule has 0 aromatic carbocycles. The first kappa shape index (κ1) is 10.4. The fraction of sp³-hybridized carbons (Fsp3) is 1.00. The van der Waals surface area contributed by atoms with Crippen molar-refractivity contribution in [2.45, 2.75) is 57.1 Å². The summed E-state index contributed by atoms with van der Waals surface area (Å²) in [6.07, 6.45) is 10.1. The van der Waals surface area contributed by atoms with Crippen molar-refractivity contribution in [2.75, 3.05) is 13.7 Å². The zero-order valence-electron chi connectivity index (χ0n) is 9.30. The molecule has 82 valence electrons. The van der Waals surface area contributed by atoms with Crippen molar-refractivity contribution < 1.29 is 4.74 Å². The molecule has 2 aliphatic carbocycles. The monoisotopic (exact) mass is 197 g/mol. The van der Waals surface area contributed by atoms with Crippen LogP contribution in [0.15, 0.2) is 0 Å². The molecule has 0 saturated heterocycles. The maximum Gasteiger partial charge on any atom is 0.0586 e. The van der Waals surface area contributed by atoms with Gasteiger partial charge in [0.15, 0.2) is 0 Å². The molecule has 0 amide bonds. The third kappa shape index (κ3) is 2.71. The number of hydrogen-bond acceptors (Lipinski definition) is 2. The van der Waals surface area contributed by atoms with Crippen molar-refractivity contribution in [1.29, 1.82) is 0 Å². The smallest absolute Gasteiger partial charge is 0.0586 e. The first-order valence-electron chi connectivity index (χ1n) is 6.14. The molecule has 2 nitrogen and oxygen atoms in total. The zero-order chi connectivity index (χ0) is 9.80. The quantitative estimate of drug-likeness (QED) is 0.747. The van der Waals surface area contributed by atoms with Gasteiger partial charge >= 0.3 is 0 Å². The molecule has 0 aromatic heterocycles. The molecular formula is C12H23NO. The Kier molecular flexibility index (Phi) is 3.82. The van der Waals surface area contributed by atoms with Gasteiger partial charge in [-0.25, -0.2) is 0 Å². The van der Waals surface area contributed by atoms with E-state index in [1.165, 1.54) is 51.5 Å². The molecule has 0 spiro atoms. The Bertz CT molecular complexity index is 168. The summed E-state index contributed by atoms with van der Waals surface area (Å²) in [7, 11) is 1.85. The molecule has 0 bridgehead atoms. The van der Waals surface area contributed by atoms with Crippen LogP contribution in [-0.2, 0) is 4.74 Å². The number of rotatable bonds is 4. The minimum atomic E-state index is 0.516. The van der Waals surface area contributed by atoms with Crippen molar-refractivity contribution in [3.8, 4) is 0 Å². The lowest BCUT2D eigenvalue weighted by molar-refractivity contribution is 0.0574. The number of nitrogens with one attached hydrogen (secondary N) is 1. The normalized spacial score (nSPS) is 34.1. The second kappa shape index (κ2) is 5.13. The van der Waals surface area contributed by atoms with Gasteiger partial charge in [-0.05, 0) is 51.0 Å². The average Bonchev–Trinajstić information content (AvgIpc) is 2.16. The summed E-state index contributed by atoms with van der Waals surface area (Å²) in [6.45, 7) is 1.25. The second-order valence-corrected chi connectivity index (χ2v) is 4.93. The van der Waals surface area contributed by atoms with E-state index < -0.39 is 0 Å². The van der Waals surface area contributed by atoms with Gasteiger partial charge in [0.05, 0.1) is 6.10 Å². The van der Waals surface area contributed by atoms with Gasteiger partial charge < -0.3 is 10.1 Å². The summed E-state index contributed by atoms with van der Waals surface area (Å²) in [5, 5.41) is 3.71. The van der Waals surface area contributed by atoms with E-state index in [1.54, 1.807) is 0 Å². The van der Waals surface area contributed by atoms with Crippen molar-refractivity contribution in [3.05, 3.63) is 0 Å². The van der Waals surface area contributed by atoms with Gasteiger partial charge in [0.1, 0.15) is 0 Å². The molecule has 0 aromatic rings. The zero-order valence-corrected chi connectivity index (χ0v) is 9.30. The fourth-order valence-corrected chi connectivity index (χ4v) is 2.57. The molecule has 0 heterocycles. The lowest BCUT2D eigenvalue weighted by Crippen LogP contribution is -2.40. The molecule has 0 radical (unpaired) electrons. The molecule has 0 aliphatic heterocycles. The Morgan fingerprint density at radius 1 is 1.14 bits per heavy atom. The van der Waals surface area contributed by atoms with E-state index in [4.69, 9.17) is 4.74 Å². The first-order valence-corrected chi connectivity index (χ1v) is 6.14. The highest BCUT2D eigenvalue weighted by molar-refractivity contribution is 4.80. The predicted octanol–water partition coefficient (Wildman–Crippen LogP) is 2.33. The molecule has 14 heavy (non-hydrogen) atoms. The van der Waals surface area contributed by atoms with Gasteiger partial charge in [0.25, 0.3) is 0 Å². The summed E-state index contributed by atoms with van der Waals surface area (Å²) in [5.41, 5.74) is 0. The highest BCUT2D eigenvalue weighted by Gasteiger charge is 2.23. The van der Waals surface area contributed by atoms with Crippen LogP contribution in [0.5, 0.6) is 0 Å². The van der Waals surface area contributed by atoms with Gasteiger partial charge in [0, 0.05) is 13.2 Å². The van der Waals surface area contributed by atoms with Crippen LogP contribution in [-0.4, -0.2) is 25.8 Å². The van der Waals surface area contributed by atoms with Crippen molar-refractivity contribution >= 4 is 0 Å². The molecule has 2 heteroatoms. The van der Waals surface area contributed by atoms with Crippen LogP contribution < -0.4 is 5.32 Å².